The maximum Gasteiger partial charge on any atom is 0.328 e. The first-order valence-corrected chi connectivity index (χ1v) is 13.2. The Bertz CT molecular complexity index is 1580. The molecule has 1 atom stereocenters. The highest BCUT2D eigenvalue weighted by Gasteiger charge is 2.44. The van der Waals surface area contributed by atoms with Crippen LogP contribution in [0.2, 0.25) is 0 Å². The van der Waals surface area contributed by atoms with E-state index in [1.54, 1.807) is 28.1 Å². The summed E-state index contributed by atoms with van der Waals surface area (Å²) in [5, 5.41) is 0. The Morgan fingerprint density at radius 1 is 0.865 bits per heavy atom. The van der Waals surface area contributed by atoms with Gasteiger partial charge < -0.3 is 4.90 Å². The van der Waals surface area contributed by atoms with E-state index < -0.39 is 6.04 Å². The minimum Gasteiger partial charge on any atom is -0.368 e. The third-order valence-corrected chi connectivity index (χ3v) is 8.68. The molecule has 1 saturated carbocycles. The lowest BCUT2D eigenvalue weighted by Crippen LogP contribution is -2.52. The number of amides is 1. The molecule has 2 aliphatic carbocycles. The number of nitrogens with zero attached hydrogens (tertiary/aromatic N) is 5. The molecule has 4 aliphatic rings. The number of anilines is 2. The van der Waals surface area contributed by atoms with Crippen LogP contribution in [0.15, 0.2) is 35.1 Å². The second-order valence-corrected chi connectivity index (χ2v) is 11.0. The molecule has 1 aromatic heterocycles. The molecule has 190 valence electrons. The molecule has 0 spiro atoms. The van der Waals surface area contributed by atoms with Crippen molar-refractivity contribution in [3.05, 3.63) is 63.1 Å². The topological polar surface area (TPSA) is 70.8 Å². The van der Waals surface area contributed by atoms with E-state index in [0.717, 1.165) is 59.9 Å². The van der Waals surface area contributed by atoms with Crippen molar-refractivity contribution in [3.8, 4) is 0 Å². The maximum absolute atomic E-state index is 14.3. The van der Waals surface area contributed by atoms with Crippen LogP contribution in [0.4, 0.5) is 11.4 Å². The van der Waals surface area contributed by atoms with E-state index in [2.05, 4.69) is 9.80 Å². The summed E-state index contributed by atoms with van der Waals surface area (Å²) in [5.74, 6) is 0.671. The Labute approximate surface area is 215 Å². The van der Waals surface area contributed by atoms with Crippen LogP contribution in [0.5, 0.6) is 0 Å². The number of Topliss-reactive ketones (excluding diaryl/α,β-unsaturated/α-hetero) is 1. The van der Waals surface area contributed by atoms with Crippen LogP contribution in [0.25, 0.3) is 17.1 Å². The highest BCUT2D eigenvalue weighted by Crippen LogP contribution is 2.41. The van der Waals surface area contributed by atoms with Gasteiger partial charge in [-0.2, -0.15) is 0 Å². The van der Waals surface area contributed by atoms with Crippen LogP contribution in [0, 0.1) is 12.8 Å². The standard InChI is InChI=1S/C29H31N5O3/c1-17-14-23-24(31(3)29(37)30(23)2)15-22(17)34-21-9-7-19-6-8-20(26(28(34)36)25(19)27(21)35)33-12-10-32(11-13-33)16-18-4-5-18/h6-9,14-15,18,21H,4-5,10-13,16H2,1-3H3. The van der Waals surface area contributed by atoms with Gasteiger partial charge in [-0.15, -0.1) is 0 Å². The number of aromatic nitrogens is 2. The Balaban J connectivity index is 1.32. The summed E-state index contributed by atoms with van der Waals surface area (Å²) < 4.78 is 3.20. The number of rotatable bonds is 4. The van der Waals surface area contributed by atoms with Crippen molar-refractivity contribution in [1.29, 1.82) is 0 Å². The molecule has 7 rings (SSSR count). The van der Waals surface area contributed by atoms with Gasteiger partial charge in [0.1, 0.15) is 6.04 Å². The smallest absolute Gasteiger partial charge is 0.328 e. The number of fused-ring (bicyclic) bond motifs is 2. The predicted molar refractivity (Wildman–Crippen MR) is 145 cm³/mol. The van der Waals surface area contributed by atoms with Crippen molar-refractivity contribution < 1.29 is 9.59 Å². The fourth-order valence-electron chi connectivity index (χ4n) is 6.37. The zero-order valence-corrected chi connectivity index (χ0v) is 21.5. The molecule has 2 bridgehead atoms. The summed E-state index contributed by atoms with van der Waals surface area (Å²) in [6.07, 6.45) is 6.49. The average molecular weight is 498 g/mol. The van der Waals surface area contributed by atoms with Crippen LogP contribution in [0.1, 0.15) is 44.7 Å². The second-order valence-electron chi connectivity index (χ2n) is 11.0. The highest BCUT2D eigenvalue weighted by atomic mass is 16.2. The summed E-state index contributed by atoms with van der Waals surface area (Å²) >= 11 is 0. The van der Waals surface area contributed by atoms with Gasteiger partial charge in [0, 0.05) is 52.4 Å². The first kappa shape index (κ1) is 22.5. The Morgan fingerprint density at radius 2 is 1.57 bits per heavy atom. The number of carbonyl (C=O) groups is 2. The molecule has 8 nitrogen and oxygen atoms in total. The predicted octanol–water partition coefficient (Wildman–Crippen LogP) is 2.96. The lowest BCUT2D eigenvalue weighted by molar-refractivity contribution is 0.0885. The van der Waals surface area contributed by atoms with Gasteiger partial charge in [0.2, 0.25) is 0 Å². The van der Waals surface area contributed by atoms with Gasteiger partial charge in [-0.1, -0.05) is 18.2 Å². The number of hydrogen-bond donors (Lipinski definition) is 0. The number of aryl methyl sites for hydroxylation is 3. The molecule has 37 heavy (non-hydrogen) atoms. The van der Waals surface area contributed by atoms with Crippen molar-refractivity contribution in [3.63, 3.8) is 0 Å². The fourth-order valence-corrected chi connectivity index (χ4v) is 6.37. The molecule has 1 saturated heterocycles. The third-order valence-electron chi connectivity index (χ3n) is 8.68. The van der Waals surface area contributed by atoms with Gasteiger partial charge in [-0.25, -0.2) is 4.79 Å². The Kier molecular flexibility index (Phi) is 4.83. The molecule has 2 aliphatic heterocycles. The summed E-state index contributed by atoms with van der Waals surface area (Å²) in [4.78, 5) is 47.1. The Hall–Kier alpha value is -3.65. The third kappa shape index (κ3) is 3.28. The lowest BCUT2D eigenvalue weighted by Gasteiger charge is -2.41. The number of imidazole rings is 1. The summed E-state index contributed by atoms with van der Waals surface area (Å²) in [5.41, 5.74) is 5.67. The normalized spacial score (nSPS) is 21.4. The van der Waals surface area contributed by atoms with Crippen LogP contribution in [0.3, 0.4) is 0 Å². The fraction of sp³-hybridized carbons (Fsp3) is 0.414. The molecular weight excluding hydrogens is 466 g/mol. The molecule has 1 amide bonds. The highest BCUT2D eigenvalue weighted by molar-refractivity contribution is 6.28. The molecule has 8 heteroatoms. The largest absolute Gasteiger partial charge is 0.368 e. The number of piperazine rings is 1. The van der Waals surface area contributed by atoms with E-state index in [9.17, 15) is 14.4 Å². The zero-order valence-electron chi connectivity index (χ0n) is 21.5. The minimum absolute atomic E-state index is 0.0391. The van der Waals surface area contributed by atoms with Crippen LogP contribution in [-0.2, 0) is 14.1 Å². The van der Waals surface area contributed by atoms with Crippen molar-refractivity contribution in [2.24, 2.45) is 20.0 Å². The van der Waals surface area contributed by atoms with Gasteiger partial charge in [0.05, 0.1) is 28.0 Å². The number of hydrogen-bond acceptors (Lipinski definition) is 5. The zero-order chi connectivity index (χ0) is 25.6. The van der Waals surface area contributed by atoms with E-state index in [-0.39, 0.29) is 17.4 Å². The van der Waals surface area contributed by atoms with Crippen molar-refractivity contribution >= 4 is 40.2 Å². The lowest BCUT2D eigenvalue weighted by atomic mass is 9.82. The number of carbonyl (C=O) groups excluding carboxylic acids is 2. The molecule has 3 heterocycles. The summed E-state index contributed by atoms with van der Waals surface area (Å²) in [6, 6.07) is 7.12. The van der Waals surface area contributed by atoms with E-state index in [4.69, 9.17) is 0 Å². The van der Waals surface area contributed by atoms with Gasteiger partial charge in [0.25, 0.3) is 5.91 Å². The molecular formula is C29H31N5O3. The first-order chi connectivity index (χ1) is 17.8. The van der Waals surface area contributed by atoms with E-state index in [0.29, 0.717) is 16.8 Å². The quantitative estimate of drug-likeness (QED) is 0.554. The van der Waals surface area contributed by atoms with E-state index >= 15 is 0 Å². The van der Waals surface area contributed by atoms with Gasteiger partial charge in [-0.05, 0) is 55.0 Å². The van der Waals surface area contributed by atoms with Crippen molar-refractivity contribution in [2.45, 2.75) is 25.8 Å². The first-order valence-electron chi connectivity index (χ1n) is 13.2. The number of ketones is 1. The van der Waals surface area contributed by atoms with Crippen LogP contribution < -0.4 is 15.5 Å². The summed E-state index contributed by atoms with van der Waals surface area (Å²) in [6.45, 7) is 6.74. The molecule has 3 aromatic rings. The molecule has 1 unspecified atom stereocenters. The maximum atomic E-state index is 14.3. The van der Waals surface area contributed by atoms with Crippen LogP contribution >= 0.6 is 0 Å². The van der Waals surface area contributed by atoms with Crippen LogP contribution in [-0.4, -0.2) is 64.5 Å². The summed E-state index contributed by atoms with van der Waals surface area (Å²) in [7, 11) is 3.48. The van der Waals surface area contributed by atoms with Crippen molar-refractivity contribution in [1.82, 2.24) is 14.0 Å². The number of benzene rings is 2. The minimum atomic E-state index is -0.685. The monoisotopic (exact) mass is 497 g/mol. The molecule has 2 fully saturated rings. The Morgan fingerprint density at radius 3 is 2.27 bits per heavy atom. The molecule has 0 N–H and O–H groups in total. The van der Waals surface area contributed by atoms with Gasteiger partial charge >= 0.3 is 5.69 Å². The molecule has 2 aromatic carbocycles. The average Bonchev–Trinajstić information content (AvgIpc) is 3.69. The van der Waals surface area contributed by atoms with E-state index in [1.165, 1.54) is 19.4 Å². The SMILES string of the molecule is Cc1cc2c(cc1N1C(=O)c3c(N4CCN(CC5CC5)CC4)ccc4c3C(=O)C1C=C4)n(C)c(=O)n2C. The second kappa shape index (κ2) is 7.92. The molecule has 0 radical (unpaired) electrons. The van der Waals surface area contributed by atoms with Gasteiger partial charge in [0.15, 0.2) is 5.78 Å². The van der Waals surface area contributed by atoms with Crippen molar-refractivity contribution in [2.75, 3.05) is 42.5 Å². The van der Waals surface area contributed by atoms with E-state index in [1.807, 2.05) is 43.3 Å². The van der Waals surface area contributed by atoms with Gasteiger partial charge in [-0.3, -0.25) is 28.5 Å².